The molecule has 0 amide bonds. The molecule has 1 saturated heterocycles. The molecule has 1 atom stereocenters. The molecule has 4 nitrogen and oxygen atoms in total. The maximum Gasteiger partial charge on any atom is 0.418 e. The number of aromatic nitrogens is 2. The fourth-order valence-electron chi connectivity index (χ4n) is 1.74. The van der Waals surface area contributed by atoms with Gasteiger partial charge in [0, 0.05) is 19.2 Å². The lowest BCUT2D eigenvalue weighted by Crippen LogP contribution is -2.47. The Morgan fingerprint density at radius 2 is 2.18 bits per heavy atom. The van der Waals surface area contributed by atoms with Crippen molar-refractivity contribution in [1.29, 1.82) is 0 Å². The Hall–Kier alpha value is -0.890. The molecule has 2 rings (SSSR count). The predicted molar refractivity (Wildman–Crippen MR) is 57.6 cm³/mol. The van der Waals surface area contributed by atoms with E-state index in [1.54, 1.807) is 0 Å². The van der Waals surface area contributed by atoms with Crippen LogP contribution in [-0.2, 0) is 0 Å². The van der Waals surface area contributed by atoms with Gasteiger partial charge in [0.1, 0.15) is 12.1 Å². The van der Waals surface area contributed by atoms with Crippen LogP contribution in [0.15, 0.2) is 17.0 Å². The third-order valence-electron chi connectivity index (χ3n) is 2.72. The summed E-state index contributed by atoms with van der Waals surface area (Å²) in [4.78, 5) is 9.02. The highest BCUT2D eigenvalue weighted by Gasteiger charge is 2.57. The van der Waals surface area contributed by atoms with Crippen molar-refractivity contribution >= 4 is 21.7 Å². The van der Waals surface area contributed by atoms with Gasteiger partial charge < -0.3 is 10.0 Å². The second-order valence-electron chi connectivity index (χ2n) is 3.90. The van der Waals surface area contributed by atoms with Crippen LogP contribution in [0.25, 0.3) is 0 Å². The molecule has 0 radical (unpaired) electrons. The molecule has 0 unspecified atom stereocenters. The lowest BCUT2D eigenvalue weighted by Gasteiger charge is -2.26. The zero-order chi connectivity index (χ0) is 12.7. The van der Waals surface area contributed by atoms with Crippen LogP contribution < -0.4 is 4.90 Å². The molecule has 0 saturated carbocycles. The third-order valence-corrected chi connectivity index (χ3v) is 3.28. The maximum absolute atomic E-state index is 12.6. The Kier molecular flexibility index (Phi) is 3.03. The Balaban J connectivity index is 2.22. The van der Waals surface area contributed by atoms with Crippen molar-refractivity contribution in [3.05, 3.63) is 17.0 Å². The van der Waals surface area contributed by atoms with Crippen molar-refractivity contribution in [2.45, 2.75) is 18.2 Å². The molecular formula is C9H9BrF3N3O. The van der Waals surface area contributed by atoms with E-state index in [0.717, 1.165) is 0 Å². The largest absolute Gasteiger partial charge is 0.418 e. The second kappa shape index (κ2) is 4.09. The predicted octanol–water partition coefficient (Wildman–Crippen LogP) is 1.74. The van der Waals surface area contributed by atoms with Crippen LogP contribution in [-0.4, -0.2) is 39.9 Å². The standard InChI is InChI=1S/C9H9BrF3N3O/c10-6-3-14-5-15-7(6)16-2-1-8(17,4-16)9(11,12)13/h3,5,17H,1-2,4H2/t8-/m1/s1. The molecule has 2 heterocycles. The van der Waals surface area contributed by atoms with Crippen LogP contribution in [0, 0.1) is 0 Å². The SMILES string of the molecule is O[C@]1(C(F)(F)F)CCN(c2ncncc2Br)C1. The summed E-state index contributed by atoms with van der Waals surface area (Å²) in [6, 6.07) is 0. The van der Waals surface area contributed by atoms with Gasteiger partial charge in [-0.1, -0.05) is 0 Å². The van der Waals surface area contributed by atoms with Gasteiger partial charge >= 0.3 is 6.18 Å². The molecule has 94 valence electrons. The molecule has 0 aromatic carbocycles. The summed E-state index contributed by atoms with van der Waals surface area (Å²) in [7, 11) is 0. The summed E-state index contributed by atoms with van der Waals surface area (Å²) in [6.07, 6.45) is -2.27. The van der Waals surface area contributed by atoms with Crippen LogP contribution >= 0.6 is 15.9 Å². The van der Waals surface area contributed by atoms with E-state index in [2.05, 4.69) is 25.9 Å². The summed E-state index contributed by atoms with van der Waals surface area (Å²) in [5.41, 5.74) is -2.66. The summed E-state index contributed by atoms with van der Waals surface area (Å²) in [6.45, 7) is -0.405. The van der Waals surface area contributed by atoms with E-state index in [1.165, 1.54) is 17.4 Å². The van der Waals surface area contributed by atoms with E-state index in [9.17, 15) is 18.3 Å². The maximum atomic E-state index is 12.6. The minimum absolute atomic E-state index is 0.103. The molecular weight excluding hydrogens is 303 g/mol. The Labute approximate surface area is 104 Å². The molecule has 1 N–H and O–H groups in total. The van der Waals surface area contributed by atoms with E-state index in [1.807, 2.05) is 0 Å². The van der Waals surface area contributed by atoms with Crippen molar-refractivity contribution in [1.82, 2.24) is 9.97 Å². The second-order valence-corrected chi connectivity index (χ2v) is 4.75. The van der Waals surface area contributed by atoms with E-state index in [0.29, 0.717) is 10.3 Å². The lowest BCUT2D eigenvalue weighted by molar-refractivity contribution is -0.250. The molecule has 8 heteroatoms. The first-order valence-corrected chi connectivity index (χ1v) is 5.62. The van der Waals surface area contributed by atoms with Gasteiger partial charge in [-0.15, -0.1) is 0 Å². The quantitative estimate of drug-likeness (QED) is 0.858. The molecule has 1 fully saturated rings. The van der Waals surface area contributed by atoms with Gasteiger partial charge in [0.15, 0.2) is 5.60 Å². The van der Waals surface area contributed by atoms with Crippen molar-refractivity contribution in [2.75, 3.05) is 18.0 Å². The first-order valence-electron chi connectivity index (χ1n) is 4.83. The van der Waals surface area contributed by atoms with Gasteiger partial charge in [-0.05, 0) is 15.9 Å². The Morgan fingerprint density at radius 3 is 2.71 bits per heavy atom. The lowest BCUT2D eigenvalue weighted by atomic mass is 10.0. The van der Waals surface area contributed by atoms with Crippen molar-refractivity contribution in [3.8, 4) is 0 Å². The number of hydrogen-bond donors (Lipinski definition) is 1. The van der Waals surface area contributed by atoms with Crippen molar-refractivity contribution < 1.29 is 18.3 Å². The number of halogens is 4. The summed E-state index contributed by atoms with van der Waals surface area (Å²) in [5.74, 6) is 0.361. The van der Waals surface area contributed by atoms with Crippen LogP contribution in [0.5, 0.6) is 0 Å². The third kappa shape index (κ3) is 2.23. The zero-order valence-electron chi connectivity index (χ0n) is 8.58. The first kappa shape index (κ1) is 12.6. The molecule has 1 aliphatic heterocycles. The number of β-amino-alcohol motifs (C(OH)–C–C–N with tert-alkyl or cyclic N) is 1. The highest BCUT2D eigenvalue weighted by atomic mass is 79.9. The summed E-state index contributed by atoms with van der Waals surface area (Å²) >= 11 is 3.16. The van der Waals surface area contributed by atoms with E-state index >= 15 is 0 Å². The van der Waals surface area contributed by atoms with Gasteiger partial charge in [0.05, 0.1) is 11.0 Å². The smallest absolute Gasteiger partial charge is 0.379 e. The molecule has 1 aromatic heterocycles. The van der Waals surface area contributed by atoms with Crippen LogP contribution in [0.1, 0.15) is 6.42 Å². The molecule has 0 aliphatic carbocycles. The van der Waals surface area contributed by atoms with Gasteiger partial charge in [-0.25, -0.2) is 9.97 Å². The fourth-order valence-corrected chi connectivity index (χ4v) is 2.22. The molecule has 1 aliphatic rings. The molecule has 1 aromatic rings. The number of anilines is 1. The molecule has 0 bridgehead atoms. The highest BCUT2D eigenvalue weighted by molar-refractivity contribution is 9.10. The number of nitrogens with zero attached hydrogens (tertiary/aromatic N) is 3. The topological polar surface area (TPSA) is 49.2 Å². The van der Waals surface area contributed by atoms with Gasteiger partial charge in [0.2, 0.25) is 0 Å². The summed E-state index contributed by atoms with van der Waals surface area (Å²) < 4.78 is 38.3. The monoisotopic (exact) mass is 311 g/mol. The van der Waals surface area contributed by atoms with Crippen LogP contribution in [0.2, 0.25) is 0 Å². The first-order chi connectivity index (χ1) is 7.83. The van der Waals surface area contributed by atoms with Crippen LogP contribution in [0.4, 0.5) is 19.0 Å². The van der Waals surface area contributed by atoms with E-state index in [4.69, 9.17) is 0 Å². The number of aliphatic hydroxyl groups is 1. The average Bonchev–Trinajstić information content (AvgIpc) is 2.62. The number of alkyl halides is 3. The van der Waals surface area contributed by atoms with Crippen molar-refractivity contribution in [2.24, 2.45) is 0 Å². The summed E-state index contributed by atoms with van der Waals surface area (Å²) in [5, 5.41) is 9.53. The normalized spacial score (nSPS) is 25.4. The van der Waals surface area contributed by atoms with E-state index in [-0.39, 0.29) is 13.0 Å². The van der Waals surface area contributed by atoms with Gasteiger partial charge in [-0.3, -0.25) is 0 Å². The minimum Gasteiger partial charge on any atom is -0.379 e. The Morgan fingerprint density at radius 1 is 1.47 bits per heavy atom. The minimum atomic E-state index is -4.62. The van der Waals surface area contributed by atoms with Gasteiger partial charge in [0.25, 0.3) is 0 Å². The average molecular weight is 312 g/mol. The fraction of sp³-hybridized carbons (Fsp3) is 0.556. The Bertz CT molecular complexity index is 428. The van der Waals surface area contributed by atoms with Crippen LogP contribution in [0.3, 0.4) is 0 Å². The molecule has 17 heavy (non-hydrogen) atoms. The highest BCUT2D eigenvalue weighted by Crippen LogP contribution is 2.39. The zero-order valence-corrected chi connectivity index (χ0v) is 10.2. The van der Waals surface area contributed by atoms with Crippen molar-refractivity contribution in [3.63, 3.8) is 0 Å². The van der Waals surface area contributed by atoms with Gasteiger partial charge in [-0.2, -0.15) is 13.2 Å². The number of hydrogen-bond acceptors (Lipinski definition) is 4. The number of rotatable bonds is 1. The molecule has 0 spiro atoms. The van der Waals surface area contributed by atoms with E-state index < -0.39 is 18.3 Å².